The summed E-state index contributed by atoms with van der Waals surface area (Å²) in [5.41, 5.74) is 7.04. The monoisotopic (exact) mass is 305 g/mol. The number of carbonyl (C=O) groups is 1. The molecule has 0 aliphatic rings. The summed E-state index contributed by atoms with van der Waals surface area (Å²) in [4.78, 5) is 12.7. The first-order valence-electron chi connectivity index (χ1n) is 6.42. The molecule has 110 valence electrons. The molecule has 5 heteroatoms. The molecule has 0 amide bonds. The number of anilines is 1. The number of rotatable bonds is 5. The fourth-order valence-electron chi connectivity index (χ4n) is 1.95. The Bertz CT molecular complexity index is 619. The maximum atomic E-state index is 13.0. The zero-order valence-electron chi connectivity index (χ0n) is 11.6. The SMILES string of the molecule is COC(=O)C(CSc1ccc(F)cc1N)c1ccccc1. The van der Waals surface area contributed by atoms with Gasteiger partial charge >= 0.3 is 5.97 Å². The topological polar surface area (TPSA) is 52.3 Å². The Morgan fingerprint density at radius 2 is 2.00 bits per heavy atom. The van der Waals surface area contributed by atoms with Gasteiger partial charge in [0.1, 0.15) is 5.82 Å². The second-order valence-electron chi connectivity index (χ2n) is 4.48. The Morgan fingerprint density at radius 1 is 1.29 bits per heavy atom. The van der Waals surface area contributed by atoms with Crippen molar-refractivity contribution in [3.63, 3.8) is 0 Å². The average Bonchev–Trinajstić information content (AvgIpc) is 2.50. The third-order valence-corrected chi connectivity index (χ3v) is 4.25. The van der Waals surface area contributed by atoms with E-state index in [4.69, 9.17) is 10.5 Å². The number of nitrogens with two attached hydrogens (primary N) is 1. The average molecular weight is 305 g/mol. The van der Waals surface area contributed by atoms with Crippen LogP contribution >= 0.6 is 11.8 Å². The zero-order chi connectivity index (χ0) is 15.2. The van der Waals surface area contributed by atoms with Gasteiger partial charge in [-0.1, -0.05) is 30.3 Å². The Balaban J connectivity index is 2.15. The van der Waals surface area contributed by atoms with E-state index in [1.54, 1.807) is 6.07 Å². The number of benzene rings is 2. The second kappa shape index (κ2) is 7.13. The largest absolute Gasteiger partial charge is 0.469 e. The van der Waals surface area contributed by atoms with Gasteiger partial charge in [-0.2, -0.15) is 0 Å². The number of nitrogen functional groups attached to an aromatic ring is 1. The molecule has 0 saturated heterocycles. The quantitative estimate of drug-likeness (QED) is 0.522. The van der Waals surface area contributed by atoms with Crippen molar-refractivity contribution in [2.45, 2.75) is 10.8 Å². The minimum absolute atomic E-state index is 0.297. The summed E-state index contributed by atoms with van der Waals surface area (Å²) in [6, 6.07) is 13.7. The van der Waals surface area contributed by atoms with Gasteiger partial charge in [-0.15, -0.1) is 11.8 Å². The van der Waals surface area contributed by atoms with Gasteiger partial charge in [-0.25, -0.2) is 4.39 Å². The van der Waals surface area contributed by atoms with E-state index < -0.39 is 0 Å². The summed E-state index contributed by atoms with van der Waals surface area (Å²) < 4.78 is 17.9. The maximum absolute atomic E-state index is 13.0. The number of hydrogen-bond donors (Lipinski definition) is 1. The van der Waals surface area contributed by atoms with E-state index >= 15 is 0 Å². The number of thioether (sulfide) groups is 1. The van der Waals surface area contributed by atoms with Crippen molar-refractivity contribution in [1.82, 2.24) is 0 Å². The van der Waals surface area contributed by atoms with Crippen molar-refractivity contribution in [1.29, 1.82) is 0 Å². The molecule has 0 aliphatic carbocycles. The molecule has 0 fully saturated rings. The number of halogens is 1. The van der Waals surface area contributed by atoms with Crippen molar-refractivity contribution >= 4 is 23.4 Å². The maximum Gasteiger partial charge on any atom is 0.313 e. The third-order valence-electron chi connectivity index (χ3n) is 3.06. The molecule has 0 saturated carbocycles. The van der Waals surface area contributed by atoms with Crippen LogP contribution in [0.25, 0.3) is 0 Å². The van der Waals surface area contributed by atoms with E-state index in [2.05, 4.69) is 0 Å². The molecule has 0 spiro atoms. The molecule has 0 heterocycles. The summed E-state index contributed by atoms with van der Waals surface area (Å²) in [6.45, 7) is 0. The minimum atomic E-state index is -0.384. The first-order valence-corrected chi connectivity index (χ1v) is 7.41. The first kappa shape index (κ1) is 15.4. The van der Waals surface area contributed by atoms with Crippen LogP contribution in [-0.4, -0.2) is 18.8 Å². The van der Waals surface area contributed by atoms with Crippen LogP contribution in [0, 0.1) is 5.82 Å². The highest BCUT2D eigenvalue weighted by Gasteiger charge is 2.21. The number of esters is 1. The van der Waals surface area contributed by atoms with Gasteiger partial charge in [0.05, 0.1) is 13.0 Å². The van der Waals surface area contributed by atoms with Crippen LogP contribution in [0.1, 0.15) is 11.5 Å². The molecule has 21 heavy (non-hydrogen) atoms. The highest BCUT2D eigenvalue weighted by atomic mass is 32.2. The number of carbonyl (C=O) groups excluding carboxylic acids is 1. The third kappa shape index (κ3) is 3.98. The van der Waals surface area contributed by atoms with E-state index in [1.165, 1.54) is 31.0 Å². The number of hydrogen-bond acceptors (Lipinski definition) is 4. The lowest BCUT2D eigenvalue weighted by atomic mass is 10.0. The van der Waals surface area contributed by atoms with E-state index in [9.17, 15) is 9.18 Å². The van der Waals surface area contributed by atoms with Gasteiger partial charge in [-0.05, 0) is 23.8 Å². The van der Waals surface area contributed by atoms with Crippen LogP contribution in [0.2, 0.25) is 0 Å². The van der Waals surface area contributed by atoms with Crippen LogP contribution < -0.4 is 5.73 Å². The lowest BCUT2D eigenvalue weighted by molar-refractivity contribution is -0.141. The normalized spacial score (nSPS) is 11.9. The molecule has 0 aliphatic heterocycles. The van der Waals surface area contributed by atoms with Crippen molar-refractivity contribution in [3.8, 4) is 0 Å². The molecule has 0 bridgehead atoms. The Kier molecular flexibility index (Phi) is 5.22. The Labute approximate surface area is 127 Å². The molecule has 2 aromatic carbocycles. The van der Waals surface area contributed by atoms with E-state index in [0.29, 0.717) is 11.4 Å². The van der Waals surface area contributed by atoms with Gasteiger partial charge in [0.25, 0.3) is 0 Å². The second-order valence-corrected chi connectivity index (χ2v) is 5.54. The van der Waals surface area contributed by atoms with Crippen molar-refractivity contribution in [2.75, 3.05) is 18.6 Å². The predicted molar refractivity (Wildman–Crippen MR) is 82.7 cm³/mol. The molecule has 2 N–H and O–H groups in total. The van der Waals surface area contributed by atoms with Gasteiger partial charge in [-0.3, -0.25) is 4.79 Å². The smallest absolute Gasteiger partial charge is 0.313 e. The van der Waals surface area contributed by atoms with E-state index in [-0.39, 0.29) is 17.7 Å². The standard InChI is InChI=1S/C16H16FNO2S/c1-20-16(19)13(11-5-3-2-4-6-11)10-21-15-8-7-12(17)9-14(15)18/h2-9,13H,10,18H2,1H3. The highest BCUT2D eigenvalue weighted by molar-refractivity contribution is 7.99. The lowest BCUT2D eigenvalue weighted by Gasteiger charge is -2.15. The molecule has 0 aromatic heterocycles. The summed E-state index contributed by atoms with van der Waals surface area (Å²) in [7, 11) is 1.37. The zero-order valence-corrected chi connectivity index (χ0v) is 12.4. The van der Waals surface area contributed by atoms with Gasteiger partial charge in [0.15, 0.2) is 0 Å². The summed E-state index contributed by atoms with van der Waals surface area (Å²) in [6.07, 6.45) is 0. The van der Waals surface area contributed by atoms with Crippen molar-refractivity contribution < 1.29 is 13.9 Å². The Morgan fingerprint density at radius 3 is 2.62 bits per heavy atom. The molecule has 0 radical (unpaired) electrons. The van der Waals surface area contributed by atoms with Crippen LogP contribution in [0.4, 0.5) is 10.1 Å². The summed E-state index contributed by atoms with van der Waals surface area (Å²) in [5, 5.41) is 0. The molecule has 3 nitrogen and oxygen atoms in total. The highest BCUT2D eigenvalue weighted by Crippen LogP contribution is 2.31. The van der Waals surface area contributed by atoms with E-state index in [1.807, 2.05) is 30.3 Å². The van der Waals surface area contributed by atoms with Gasteiger partial charge in [0, 0.05) is 16.3 Å². The van der Waals surface area contributed by atoms with Crippen molar-refractivity contribution in [3.05, 3.63) is 59.9 Å². The van der Waals surface area contributed by atoms with Crippen LogP contribution in [0.15, 0.2) is 53.4 Å². The first-order chi connectivity index (χ1) is 10.1. The molecular weight excluding hydrogens is 289 g/mol. The summed E-state index contributed by atoms with van der Waals surface area (Å²) in [5.74, 6) is -0.573. The van der Waals surface area contributed by atoms with Crippen molar-refractivity contribution in [2.24, 2.45) is 0 Å². The molecule has 1 atom stereocenters. The lowest BCUT2D eigenvalue weighted by Crippen LogP contribution is -2.16. The molecule has 1 unspecified atom stereocenters. The Hall–Kier alpha value is -2.01. The number of methoxy groups -OCH3 is 1. The van der Waals surface area contributed by atoms with Gasteiger partial charge < -0.3 is 10.5 Å². The number of ether oxygens (including phenoxy) is 1. The predicted octanol–water partition coefficient (Wildman–Crippen LogP) is 3.46. The summed E-state index contributed by atoms with van der Waals surface area (Å²) >= 11 is 1.41. The molecule has 2 aromatic rings. The molecule has 2 rings (SSSR count). The fourth-order valence-corrected chi connectivity index (χ4v) is 3.02. The van der Waals surface area contributed by atoms with E-state index in [0.717, 1.165) is 10.5 Å². The minimum Gasteiger partial charge on any atom is -0.469 e. The molecular formula is C16H16FNO2S. The fraction of sp³-hybridized carbons (Fsp3) is 0.188. The van der Waals surface area contributed by atoms with Crippen LogP contribution in [0.5, 0.6) is 0 Å². The van der Waals surface area contributed by atoms with Gasteiger partial charge in [0.2, 0.25) is 0 Å². The van der Waals surface area contributed by atoms with Crippen LogP contribution in [0.3, 0.4) is 0 Å². The van der Waals surface area contributed by atoms with Crippen LogP contribution in [-0.2, 0) is 9.53 Å².